The second kappa shape index (κ2) is 15.4. The van der Waals surface area contributed by atoms with Crippen LogP contribution < -0.4 is 21.3 Å². The van der Waals surface area contributed by atoms with Gasteiger partial charge in [-0.15, -0.1) is 5.10 Å². The molecule has 0 spiro atoms. The fourth-order valence-corrected chi connectivity index (χ4v) is 5.52. The molecule has 2 unspecified atom stereocenters. The first kappa shape index (κ1) is 35.8. The number of carbonyl (C=O) groups excluding carboxylic acids is 4. The van der Waals surface area contributed by atoms with E-state index in [-0.39, 0.29) is 27.9 Å². The van der Waals surface area contributed by atoms with E-state index in [1.165, 1.54) is 47.5 Å². The SMILES string of the molecule is CC(C)(C)C(c1ccc(NC(=O)c2cccnc2)cc1)C(NC(=O)C(=O)Nc1cc(Cl)ccc1-n1cnnn1)C(=O)Nc1ccc(C(=O)O)cc1. The average molecular weight is 710 g/mol. The number of pyridine rings is 1. The van der Waals surface area contributed by atoms with Gasteiger partial charge in [0.25, 0.3) is 5.91 Å². The first-order chi connectivity index (χ1) is 24.3. The normalized spacial score (nSPS) is 12.2. The predicted molar refractivity (Wildman–Crippen MR) is 188 cm³/mol. The zero-order valence-corrected chi connectivity index (χ0v) is 28.3. The van der Waals surface area contributed by atoms with Crippen molar-refractivity contribution >= 4 is 58.3 Å². The topological polar surface area (TPSA) is 210 Å². The van der Waals surface area contributed by atoms with Gasteiger partial charge in [-0.2, -0.15) is 4.68 Å². The fourth-order valence-electron chi connectivity index (χ4n) is 5.35. The molecule has 5 rings (SSSR count). The van der Waals surface area contributed by atoms with Gasteiger partial charge in [0.15, 0.2) is 0 Å². The van der Waals surface area contributed by atoms with Crippen molar-refractivity contribution in [2.75, 3.05) is 16.0 Å². The fraction of sp³-hybridized carbons (Fsp3) is 0.171. The Bertz CT molecular complexity index is 2050. The third kappa shape index (κ3) is 8.96. The van der Waals surface area contributed by atoms with E-state index in [1.807, 2.05) is 20.8 Å². The van der Waals surface area contributed by atoms with E-state index >= 15 is 0 Å². The van der Waals surface area contributed by atoms with Gasteiger partial charge in [0.05, 0.1) is 22.5 Å². The number of benzene rings is 3. The van der Waals surface area contributed by atoms with Gasteiger partial charge in [0, 0.05) is 34.7 Å². The Morgan fingerprint density at radius 2 is 1.51 bits per heavy atom. The van der Waals surface area contributed by atoms with Crippen LogP contribution in [0.2, 0.25) is 5.02 Å². The quantitative estimate of drug-likeness (QED) is 0.128. The summed E-state index contributed by atoms with van der Waals surface area (Å²) in [5.41, 5.74) is 1.49. The molecule has 260 valence electrons. The third-order valence-corrected chi connectivity index (χ3v) is 7.93. The number of aromatic carboxylic acids is 1. The molecular formula is C35H32ClN9O6. The molecule has 0 fully saturated rings. The van der Waals surface area contributed by atoms with Crippen LogP contribution in [-0.2, 0) is 14.4 Å². The molecule has 0 saturated carbocycles. The summed E-state index contributed by atoms with van der Waals surface area (Å²) in [6.07, 6.45) is 4.30. The highest BCUT2D eigenvalue weighted by Crippen LogP contribution is 2.39. The lowest BCUT2D eigenvalue weighted by Crippen LogP contribution is -2.53. The lowest BCUT2D eigenvalue weighted by molar-refractivity contribution is -0.138. The molecule has 4 amide bonds. The zero-order chi connectivity index (χ0) is 36.7. The summed E-state index contributed by atoms with van der Waals surface area (Å²) in [5, 5.41) is 31.2. The number of halogens is 1. The van der Waals surface area contributed by atoms with Gasteiger partial charge in [0.1, 0.15) is 12.4 Å². The van der Waals surface area contributed by atoms with E-state index < -0.39 is 41.1 Å². The summed E-state index contributed by atoms with van der Waals surface area (Å²) in [5.74, 6) is -5.15. The van der Waals surface area contributed by atoms with Gasteiger partial charge >= 0.3 is 17.8 Å². The van der Waals surface area contributed by atoms with E-state index in [0.29, 0.717) is 22.5 Å². The molecule has 2 aromatic heterocycles. The Hall–Kier alpha value is -6.48. The maximum atomic E-state index is 14.1. The number of hydrogen-bond acceptors (Lipinski definition) is 9. The Labute approximate surface area is 296 Å². The van der Waals surface area contributed by atoms with Crippen molar-refractivity contribution in [2.24, 2.45) is 5.41 Å². The molecule has 51 heavy (non-hydrogen) atoms. The molecule has 5 aromatic rings. The van der Waals surface area contributed by atoms with Crippen molar-refractivity contribution in [1.82, 2.24) is 30.5 Å². The number of anilines is 3. The van der Waals surface area contributed by atoms with Crippen LogP contribution in [0.5, 0.6) is 0 Å². The summed E-state index contributed by atoms with van der Waals surface area (Å²) in [7, 11) is 0. The molecule has 16 heteroatoms. The summed E-state index contributed by atoms with van der Waals surface area (Å²) in [6, 6.07) is 18.7. The van der Waals surface area contributed by atoms with Crippen LogP contribution >= 0.6 is 11.6 Å². The van der Waals surface area contributed by atoms with E-state index in [9.17, 15) is 29.1 Å². The van der Waals surface area contributed by atoms with Crippen molar-refractivity contribution in [3.8, 4) is 5.69 Å². The molecule has 0 bridgehead atoms. The number of tetrazole rings is 1. The second-order valence-electron chi connectivity index (χ2n) is 12.4. The molecular weight excluding hydrogens is 678 g/mol. The lowest BCUT2D eigenvalue weighted by Gasteiger charge is -2.37. The molecule has 5 N–H and O–H groups in total. The van der Waals surface area contributed by atoms with E-state index in [4.69, 9.17) is 11.6 Å². The van der Waals surface area contributed by atoms with Gasteiger partial charge < -0.3 is 26.4 Å². The Morgan fingerprint density at radius 1 is 0.824 bits per heavy atom. The first-order valence-electron chi connectivity index (χ1n) is 15.4. The Balaban J connectivity index is 1.44. The number of carbonyl (C=O) groups is 5. The number of nitrogens with one attached hydrogen (secondary N) is 4. The van der Waals surface area contributed by atoms with Crippen molar-refractivity contribution in [3.05, 3.63) is 119 Å². The standard InChI is InChI=1S/C35H32ClN9O6/c1-35(2,3)28(20-6-11-24(12-7-20)39-30(46)22-5-4-16-37-18-22)29(31(47)40-25-13-8-21(9-14-25)34(50)51)42-33(49)32(48)41-26-17-23(36)10-15-27(26)45-19-38-43-44-45/h4-19,28-29H,1-3H3,(H,39,46)(H,40,47)(H,41,48)(H,42,49)(H,50,51). The minimum absolute atomic E-state index is 0.0138. The average Bonchev–Trinajstić information content (AvgIpc) is 3.63. The second-order valence-corrected chi connectivity index (χ2v) is 12.8. The van der Waals surface area contributed by atoms with Gasteiger partial charge in [-0.25, -0.2) is 4.79 Å². The number of rotatable bonds is 10. The molecule has 0 saturated heterocycles. The van der Waals surface area contributed by atoms with E-state index in [2.05, 4.69) is 41.8 Å². The lowest BCUT2D eigenvalue weighted by atomic mass is 9.72. The monoisotopic (exact) mass is 709 g/mol. The van der Waals surface area contributed by atoms with Crippen LogP contribution in [0.15, 0.2) is 97.6 Å². The minimum atomic E-state index is -1.34. The maximum absolute atomic E-state index is 14.1. The number of carboxylic acid groups (broad SMARTS) is 1. The van der Waals surface area contributed by atoms with Gasteiger partial charge in [-0.3, -0.25) is 24.2 Å². The van der Waals surface area contributed by atoms with Gasteiger partial charge in [-0.05, 0) is 88.1 Å². The van der Waals surface area contributed by atoms with Crippen LogP contribution in [0.25, 0.3) is 5.69 Å². The number of nitrogens with zero attached hydrogens (tertiary/aromatic N) is 5. The van der Waals surface area contributed by atoms with E-state index in [1.54, 1.807) is 54.7 Å². The van der Waals surface area contributed by atoms with Gasteiger partial charge in [0.2, 0.25) is 5.91 Å². The number of aromatic nitrogens is 5. The molecule has 2 heterocycles. The van der Waals surface area contributed by atoms with Crippen LogP contribution in [-0.4, -0.2) is 65.9 Å². The highest BCUT2D eigenvalue weighted by Gasteiger charge is 2.40. The number of carboxylic acids is 1. The molecule has 2 atom stereocenters. The van der Waals surface area contributed by atoms with Crippen LogP contribution in [0.1, 0.15) is 53.0 Å². The zero-order valence-electron chi connectivity index (χ0n) is 27.5. The van der Waals surface area contributed by atoms with Crippen molar-refractivity contribution in [3.63, 3.8) is 0 Å². The number of hydrogen-bond donors (Lipinski definition) is 5. The summed E-state index contributed by atoms with van der Waals surface area (Å²) in [6.45, 7) is 5.61. The maximum Gasteiger partial charge on any atom is 0.335 e. The number of amides is 4. The molecule has 0 radical (unpaired) electrons. The Kier molecular flexibility index (Phi) is 10.8. The van der Waals surface area contributed by atoms with Crippen LogP contribution in [0.4, 0.5) is 17.1 Å². The Morgan fingerprint density at radius 3 is 2.12 bits per heavy atom. The largest absolute Gasteiger partial charge is 0.478 e. The summed E-state index contributed by atoms with van der Waals surface area (Å²) >= 11 is 6.18. The minimum Gasteiger partial charge on any atom is -0.478 e. The molecule has 0 aliphatic rings. The highest BCUT2D eigenvalue weighted by molar-refractivity contribution is 6.40. The molecule has 0 aliphatic heterocycles. The van der Waals surface area contributed by atoms with Crippen LogP contribution in [0.3, 0.4) is 0 Å². The van der Waals surface area contributed by atoms with Crippen molar-refractivity contribution in [1.29, 1.82) is 0 Å². The van der Waals surface area contributed by atoms with Crippen molar-refractivity contribution in [2.45, 2.75) is 32.7 Å². The predicted octanol–water partition coefficient (Wildman–Crippen LogP) is 4.55. The summed E-state index contributed by atoms with van der Waals surface area (Å²) in [4.78, 5) is 69.0. The third-order valence-electron chi connectivity index (χ3n) is 7.70. The summed E-state index contributed by atoms with van der Waals surface area (Å²) < 4.78 is 1.27. The molecule has 0 aliphatic carbocycles. The van der Waals surface area contributed by atoms with Crippen molar-refractivity contribution < 1.29 is 29.1 Å². The van der Waals surface area contributed by atoms with E-state index in [0.717, 1.165) is 0 Å². The first-order valence-corrected chi connectivity index (χ1v) is 15.8. The van der Waals surface area contributed by atoms with Crippen LogP contribution in [0, 0.1) is 5.41 Å². The van der Waals surface area contributed by atoms with Gasteiger partial charge in [-0.1, -0.05) is 44.5 Å². The molecule has 15 nitrogen and oxygen atoms in total. The molecule has 3 aromatic carbocycles. The highest BCUT2D eigenvalue weighted by atomic mass is 35.5. The smallest absolute Gasteiger partial charge is 0.335 e.